The summed E-state index contributed by atoms with van der Waals surface area (Å²) in [6, 6.07) is 47.3. The lowest BCUT2D eigenvalue weighted by molar-refractivity contribution is 1.06. The van der Waals surface area contributed by atoms with Gasteiger partial charge in [0.05, 0.1) is 11.4 Å². The van der Waals surface area contributed by atoms with Crippen molar-refractivity contribution in [3.63, 3.8) is 0 Å². The Balaban J connectivity index is 1.32. The van der Waals surface area contributed by atoms with Gasteiger partial charge in [-0.1, -0.05) is 109 Å². The minimum Gasteiger partial charge on any atom is -0.399 e. The Hall–Kier alpha value is -6.26. The largest absolute Gasteiger partial charge is 0.399 e. The van der Waals surface area contributed by atoms with E-state index in [1.54, 1.807) is 0 Å². The van der Waals surface area contributed by atoms with Gasteiger partial charge in [0.15, 0.2) is 5.82 Å². The second-order valence-electron chi connectivity index (χ2n) is 12.4. The molecule has 4 heteroatoms. The Morgan fingerprint density at radius 1 is 0.571 bits per heavy atom. The van der Waals surface area contributed by atoms with Gasteiger partial charge in [-0.3, -0.25) is 0 Å². The fourth-order valence-corrected chi connectivity index (χ4v) is 6.70. The maximum absolute atomic E-state index is 6.15. The predicted molar refractivity (Wildman–Crippen MR) is 207 cm³/mol. The number of rotatable bonds is 6. The fourth-order valence-electron chi connectivity index (χ4n) is 6.70. The predicted octanol–water partition coefficient (Wildman–Crippen LogP) is 11.1. The van der Waals surface area contributed by atoms with Crippen LogP contribution in [0, 0.1) is 0 Å². The van der Waals surface area contributed by atoms with E-state index in [0.29, 0.717) is 5.82 Å². The SMILES string of the molecule is CNc1ccc(-c2cccc(-c3cc(-c4cccc(/C5=C/C=C(N)\C=C/CC5)c4)nc(-c4cc5ccccc5c5ccccc45)n3)c2)cc1. The number of fused-ring (bicyclic) bond motifs is 3. The minimum atomic E-state index is 0.703. The molecule has 6 aromatic carbocycles. The van der Waals surface area contributed by atoms with E-state index >= 15 is 0 Å². The van der Waals surface area contributed by atoms with Crippen molar-refractivity contribution >= 4 is 32.8 Å². The average Bonchev–Trinajstić information content (AvgIpc) is 3.16. The molecule has 4 nitrogen and oxygen atoms in total. The van der Waals surface area contributed by atoms with Crippen LogP contribution in [0.5, 0.6) is 0 Å². The Labute approximate surface area is 287 Å². The Morgan fingerprint density at radius 2 is 1.22 bits per heavy atom. The van der Waals surface area contributed by atoms with Crippen LogP contribution in [0.25, 0.3) is 72.1 Å². The van der Waals surface area contributed by atoms with Crippen molar-refractivity contribution in [2.45, 2.75) is 12.8 Å². The molecule has 0 bridgehead atoms. The Morgan fingerprint density at radius 3 is 1.98 bits per heavy atom. The number of hydrogen-bond donors (Lipinski definition) is 2. The van der Waals surface area contributed by atoms with Gasteiger partial charge in [-0.25, -0.2) is 9.97 Å². The van der Waals surface area contributed by atoms with E-state index < -0.39 is 0 Å². The van der Waals surface area contributed by atoms with Gasteiger partial charge in [-0.2, -0.15) is 0 Å². The topological polar surface area (TPSA) is 63.8 Å². The quantitative estimate of drug-likeness (QED) is 0.179. The molecule has 49 heavy (non-hydrogen) atoms. The van der Waals surface area contributed by atoms with E-state index in [2.05, 4.69) is 151 Å². The summed E-state index contributed by atoms with van der Waals surface area (Å²) < 4.78 is 0. The smallest absolute Gasteiger partial charge is 0.161 e. The third kappa shape index (κ3) is 6.13. The van der Waals surface area contributed by atoms with Crippen LogP contribution in [-0.2, 0) is 0 Å². The molecule has 7 aromatic rings. The number of aromatic nitrogens is 2. The van der Waals surface area contributed by atoms with Crippen LogP contribution in [0.15, 0.2) is 163 Å². The first-order valence-corrected chi connectivity index (χ1v) is 16.8. The third-order valence-electron chi connectivity index (χ3n) is 9.30. The number of nitrogens with zero attached hydrogens (tertiary/aromatic N) is 2. The zero-order valence-electron chi connectivity index (χ0n) is 27.4. The summed E-state index contributed by atoms with van der Waals surface area (Å²) in [6.45, 7) is 0. The van der Waals surface area contributed by atoms with Crippen molar-refractivity contribution in [3.8, 4) is 45.0 Å². The molecule has 1 aliphatic carbocycles. The molecule has 3 N–H and O–H groups in total. The van der Waals surface area contributed by atoms with Crippen LogP contribution in [0.4, 0.5) is 5.69 Å². The molecule has 0 saturated heterocycles. The molecule has 1 heterocycles. The van der Waals surface area contributed by atoms with Crippen LogP contribution in [0.3, 0.4) is 0 Å². The third-order valence-corrected chi connectivity index (χ3v) is 9.30. The molecule has 0 radical (unpaired) electrons. The Kier molecular flexibility index (Phi) is 8.04. The standard InChI is InChI=1S/C45H36N4/c1-47-38-24-21-31(22-25-38)33-13-9-15-36(27-33)44-29-43(35-14-8-12-32(26-35)30-10-2-4-16-37(46)23-20-30)48-45(49-44)42-28-34-11-3-5-17-39(34)40-18-6-7-19-41(40)42/h3-9,11-29,47H,2,10,46H2,1H3/b16-4-,30-20+,37-23+. The number of hydrogen-bond acceptors (Lipinski definition) is 4. The first kappa shape index (κ1) is 30.1. The van der Waals surface area contributed by atoms with E-state index in [9.17, 15) is 0 Å². The molecule has 0 amide bonds. The van der Waals surface area contributed by atoms with Gasteiger partial charge < -0.3 is 11.1 Å². The minimum absolute atomic E-state index is 0.703. The first-order valence-electron chi connectivity index (χ1n) is 16.8. The van der Waals surface area contributed by atoms with Crippen molar-refractivity contribution in [2.75, 3.05) is 12.4 Å². The van der Waals surface area contributed by atoms with E-state index in [1.807, 2.05) is 19.2 Å². The van der Waals surface area contributed by atoms with Crippen molar-refractivity contribution in [1.29, 1.82) is 0 Å². The summed E-state index contributed by atoms with van der Waals surface area (Å²) in [5, 5.41) is 7.92. The molecule has 0 atom stereocenters. The number of anilines is 1. The van der Waals surface area contributed by atoms with Crippen LogP contribution in [0.2, 0.25) is 0 Å². The maximum Gasteiger partial charge on any atom is 0.161 e. The molecule has 0 spiro atoms. The van der Waals surface area contributed by atoms with Gasteiger partial charge in [0.25, 0.3) is 0 Å². The molecular weight excluding hydrogens is 597 g/mol. The van der Waals surface area contributed by atoms with Crippen molar-refractivity contribution in [2.24, 2.45) is 5.73 Å². The van der Waals surface area contributed by atoms with Crippen LogP contribution < -0.4 is 11.1 Å². The highest BCUT2D eigenvalue weighted by Crippen LogP contribution is 2.37. The molecule has 236 valence electrons. The zero-order chi connectivity index (χ0) is 33.2. The van der Waals surface area contributed by atoms with Crippen LogP contribution >= 0.6 is 0 Å². The van der Waals surface area contributed by atoms with E-state index in [4.69, 9.17) is 15.7 Å². The average molecular weight is 633 g/mol. The summed E-state index contributed by atoms with van der Waals surface area (Å²) in [5.74, 6) is 0.703. The first-order chi connectivity index (χ1) is 24.1. The van der Waals surface area contributed by atoms with Gasteiger partial charge in [0, 0.05) is 35.1 Å². The van der Waals surface area contributed by atoms with E-state index in [1.165, 1.54) is 27.3 Å². The van der Waals surface area contributed by atoms with Crippen LogP contribution in [-0.4, -0.2) is 17.0 Å². The number of benzene rings is 6. The zero-order valence-corrected chi connectivity index (χ0v) is 27.4. The highest BCUT2D eigenvalue weighted by Gasteiger charge is 2.16. The number of nitrogens with one attached hydrogen (secondary N) is 1. The van der Waals surface area contributed by atoms with Gasteiger partial charge in [-0.05, 0) is 105 Å². The number of nitrogens with two attached hydrogens (primary N) is 1. The normalized spacial score (nSPS) is 15.9. The second kappa shape index (κ2) is 13.1. The van der Waals surface area contributed by atoms with E-state index in [0.717, 1.165) is 68.8 Å². The molecule has 8 rings (SSSR count). The van der Waals surface area contributed by atoms with Gasteiger partial charge in [0.2, 0.25) is 0 Å². The summed E-state index contributed by atoms with van der Waals surface area (Å²) in [4.78, 5) is 10.6. The lowest BCUT2D eigenvalue weighted by atomic mass is 9.95. The molecule has 1 aliphatic rings. The maximum atomic E-state index is 6.15. The fraction of sp³-hybridized carbons (Fsp3) is 0.0667. The number of allylic oxidation sites excluding steroid dienone is 5. The summed E-state index contributed by atoms with van der Waals surface area (Å²) >= 11 is 0. The van der Waals surface area contributed by atoms with E-state index in [-0.39, 0.29) is 0 Å². The molecule has 0 unspecified atom stereocenters. The highest BCUT2D eigenvalue weighted by molar-refractivity contribution is 6.13. The van der Waals surface area contributed by atoms with Crippen molar-refractivity contribution < 1.29 is 0 Å². The molecule has 0 fully saturated rings. The highest BCUT2D eigenvalue weighted by atomic mass is 14.9. The van der Waals surface area contributed by atoms with Crippen molar-refractivity contribution in [3.05, 3.63) is 169 Å². The molecular formula is C45H36N4. The van der Waals surface area contributed by atoms with Crippen molar-refractivity contribution in [1.82, 2.24) is 9.97 Å². The lowest BCUT2D eigenvalue weighted by Crippen LogP contribution is -1.98. The summed E-state index contributed by atoms with van der Waals surface area (Å²) in [5.41, 5.74) is 17.6. The Bertz CT molecular complexity index is 2430. The summed E-state index contributed by atoms with van der Waals surface area (Å²) in [7, 11) is 1.94. The monoisotopic (exact) mass is 632 g/mol. The van der Waals surface area contributed by atoms with Crippen LogP contribution in [0.1, 0.15) is 18.4 Å². The van der Waals surface area contributed by atoms with Gasteiger partial charge in [-0.15, -0.1) is 0 Å². The lowest BCUT2D eigenvalue weighted by Gasteiger charge is -2.14. The second-order valence-corrected chi connectivity index (χ2v) is 12.4. The molecule has 0 aliphatic heterocycles. The summed E-state index contributed by atoms with van der Waals surface area (Å²) in [6.07, 6.45) is 10.1. The molecule has 0 saturated carbocycles. The van der Waals surface area contributed by atoms with Gasteiger partial charge in [0.1, 0.15) is 0 Å². The molecule has 1 aromatic heterocycles. The van der Waals surface area contributed by atoms with Gasteiger partial charge >= 0.3 is 0 Å².